The Bertz CT molecular complexity index is 965. The zero-order valence-corrected chi connectivity index (χ0v) is 15.7. The van der Waals surface area contributed by atoms with Crippen LogP contribution < -0.4 is 0 Å². The van der Waals surface area contributed by atoms with E-state index in [4.69, 9.17) is 8.83 Å². The number of thiophene rings is 1. The first-order valence-electron chi connectivity index (χ1n) is 8.78. The van der Waals surface area contributed by atoms with Gasteiger partial charge in [0.25, 0.3) is 5.89 Å². The average molecular weight is 381 g/mol. The molecule has 7 nitrogen and oxygen atoms in total. The van der Waals surface area contributed by atoms with E-state index < -0.39 is 0 Å². The lowest BCUT2D eigenvalue weighted by molar-refractivity contribution is 0.211. The molecule has 0 radical (unpaired) electrons. The SMILES string of the molecule is CCCN(Cc1nnc(-c2ccccc2)o1)Cc1nnc(-c2cccs2)o1. The molecule has 0 bridgehead atoms. The lowest BCUT2D eigenvalue weighted by Crippen LogP contribution is -2.24. The van der Waals surface area contributed by atoms with Crippen LogP contribution in [0.3, 0.4) is 0 Å². The van der Waals surface area contributed by atoms with Crippen molar-refractivity contribution in [3.05, 3.63) is 59.6 Å². The fraction of sp³-hybridized carbons (Fsp3) is 0.263. The summed E-state index contributed by atoms with van der Waals surface area (Å²) in [4.78, 5) is 3.13. The standard InChI is InChI=1S/C19H19N5O2S/c1-2-10-24(13-17-21-23-19(26-17)15-9-6-11-27-15)12-16-20-22-18(25-16)14-7-4-3-5-8-14/h3-9,11H,2,10,12-13H2,1H3. The Balaban J connectivity index is 1.45. The monoisotopic (exact) mass is 381 g/mol. The largest absolute Gasteiger partial charge is 0.419 e. The van der Waals surface area contributed by atoms with Gasteiger partial charge in [-0.2, -0.15) is 0 Å². The van der Waals surface area contributed by atoms with Crippen molar-refractivity contribution in [2.24, 2.45) is 0 Å². The molecule has 3 heterocycles. The maximum atomic E-state index is 5.82. The third kappa shape index (κ3) is 4.29. The second-order valence-corrected chi connectivity index (χ2v) is 7.00. The number of nitrogens with zero attached hydrogens (tertiary/aromatic N) is 5. The van der Waals surface area contributed by atoms with Gasteiger partial charge in [-0.15, -0.1) is 31.7 Å². The Morgan fingerprint density at radius 1 is 0.852 bits per heavy atom. The van der Waals surface area contributed by atoms with E-state index in [2.05, 4.69) is 32.2 Å². The quantitative estimate of drug-likeness (QED) is 0.451. The number of aromatic nitrogens is 4. The van der Waals surface area contributed by atoms with Crippen LogP contribution >= 0.6 is 11.3 Å². The van der Waals surface area contributed by atoms with Crippen molar-refractivity contribution in [2.75, 3.05) is 6.54 Å². The van der Waals surface area contributed by atoms with Gasteiger partial charge in [0.15, 0.2) is 0 Å². The first kappa shape index (κ1) is 17.6. The van der Waals surface area contributed by atoms with Crippen molar-refractivity contribution in [3.63, 3.8) is 0 Å². The van der Waals surface area contributed by atoms with Crippen molar-refractivity contribution in [1.82, 2.24) is 25.3 Å². The molecule has 0 saturated carbocycles. The molecule has 0 aliphatic carbocycles. The van der Waals surface area contributed by atoms with Crippen LogP contribution in [0.15, 0.2) is 56.7 Å². The number of benzene rings is 1. The first-order valence-corrected chi connectivity index (χ1v) is 9.66. The third-order valence-electron chi connectivity index (χ3n) is 3.94. The highest BCUT2D eigenvalue weighted by Gasteiger charge is 2.16. The smallest absolute Gasteiger partial charge is 0.257 e. The molecule has 0 saturated heterocycles. The minimum Gasteiger partial charge on any atom is -0.419 e. The maximum absolute atomic E-state index is 5.82. The minimum atomic E-state index is 0.528. The van der Waals surface area contributed by atoms with Gasteiger partial charge in [-0.1, -0.05) is 31.2 Å². The molecule has 4 aromatic rings. The molecule has 8 heteroatoms. The van der Waals surface area contributed by atoms with E-state index in [1.807, 2.05) is 47.8 Å². The second kappa shape index (κ2) is 8.24. The minimum absolute atomic E-state index is 0.528. The number of hydrogen-bond donors (Lipinski definition) is 0. The summed E-state index contributed by atoms with van der Waals surface area (Å²) in [5, 5.41) is 18.6. The summed E-state index contributed by atoms with van der Waals surface area (Å²) in [5.41, 5.74) is 0.913. The fourth-order valence-corrected chi connectivity index (χ4v) is 3.39. The van der Waals surface area contributed by atoms with E-state index >= 15 is 0 Å². The lowest BCUT2D eigenvalue weighted by Gasteiger charge is -2.17. The van der Waals surface area contributed by atoms with Crippen LogP contribution in [0.5, 0.6) is 0 Å². The fourth-order valence-electron chi connectivity index (χ4n) is 2.75. The van der Waals surface area contributed by atoms with Crippen molar-refractivity contribution in [3.8, 4) is 22.2 Å². The topological polar surface area (TPSA) is 81.1 Å². The van der Waals surface area contributed by atoms with Crippen LogP contribution in [-0.4, -0.2) is 31.8 Å². The zero-order valence-electron chi connectivity index (χ0n) is 14.9. The van der Waals surface area contributed by atoms with Gasteiger partial charge in [0.2, 0.25) is 17.7 Å². The van der Waals surface area contributed by atoms with E-state index in [9.17, 15) is 0 Å². The Kier molecular flexibility index (Phi) is 5.36. The lowest BCUT2D eigenvalue weighted by atomic mass is 10.2. The van der Waals surface area contributed by atoms with E-state index in [1.54, 1.807) is 11.3 Å². The van der Waals surface area contributed by atoms with Gasteiger partial charge in [-0.05, 0) is 36.5 Å². The van der Waals surface area contributed by atoms with Gasteiger partial charge < -0.3 is 8.83 Å². The Morgan fingerprint density at radius 2 is 1.56 bits per heavy atom. The van der Waals surface area contributed by atoms with Crippen molar-refractivity contribution < 1.29 is 8.83 Å². The molecule has 0 unspecified atom stereocenters. The summed E-state index contributed by atoms with van der Waals surface area (Å²) < 4.78 is 11.6. The van der Waals surface area contributed by atoms with Crippen LogP contribution in [-0.2, 0) is 13.1 Å². The van der Waals surface area contributed by atoms with Gasteiger partial charge in [-0.3, -0.25) is 4.90 Å². The van der Waals surface area contributed by atoms with Crippen LogP contribution in [0.4, 0.5) is 0 Å². The molecule has 0 spiro atoms. The van der Waals surface area contributed by atoms with Crippen LogP contribution in [0.25, 0.3) is 22.2 Å². The van der Waals surface area contributed by atoms with E-state index in [0.29, 0.717) is 36.7 Å². The second-order valence-electron chi connectivity index (χ2n) is 6.06. The molecule has 27 heavy (non-hydrogen) atoms. The molecule has 1 aromatic carbocycles. The van der Waals surface area contributed by atoms with Gasteiger partial charge >= 0.3 is 0 Å². The normalized spacial score (nSPS) is 11.3. The summed E-state index contributed by atoms with van der Waals surface area (Å²) in [5.74, 6) is 2.23. The highest BCUT2D eigenvalue weighted by atomic mass is 32.1. The van der Waals surface area contributed by atoms with E-state index in [0.717, 1.165) is 23.4 Å². The van der Waals surface area contributed by atoms with Crippen LogP contribution in [0.2, 0.25) is 0 Å². The van der Waals surface area contributed by atoms with Crippen LogP contribution in [0.1, 0.15) is 25.1 Å². The van der Waals surface area contributed by atoms with Crippen LogP contribution in [0, 0.1) is 0 Å². The zero-order chi connectivity index (χ0) is 18.5. The summed E-state index contributed by atoms with van der Waals surface area (Å²) in [6.45, 7) is 4.06. The van der Waals surface area contributed by atoms with E-state index in [-0.39, 0.29) is 0 Å². The predicted molar refractivity (Wildman–Crippen MR) is 102 cm³/mol. The first-order chi connectivity index (χ1) is 13.3. The molecule has 3 aromatic heterocycles. The maximum Gasteiger partial charge on any atom is 0.257 e. The molecule has 0 fully saturated rings. The molecule has 0 amide bonds. The predicted octanol–water partition coefficient (Wildman–Crippen LogP) is 4.26. The van der Waals surface area contributed by atoms with Crippen molar-refractivity contribution in [2.45, 2.75) is 26.4 Å². The van der Waals surface area contributed by atoms with Gasteiger partial charge in [0.05, 0.1) is 18.0 Å². The van der Waals surface area contributed by atoms with Crippen molar-refractivity contribution >= 4 is 11.3 Å². The number of hydrogen-bond acceptors (Lipinski definition) is 8. The summed E-state index contributed by atoms with van der Waals surface area (Å²) in [6, 6.07) is 13.7. The van der Waals surface area contributed by atoms with Crippen molar-refractivity contribution in [1.29, 1.82) is 0 Å². The molecule has 138 valence electrons. The number of rotatable bonds is 8. The third-order valence-corrected chi connectivity index (χ3v) is 4.80. The molecule has 4 rings (SSSR count). The van der Waals surface area contributed by atoms with Gasteiger partial charge in [0.1, 0.15) is 0 Å². The Morgan fingerprint density at radius 3 is 2.22 bits per heavy atom. The van der Waals surface area contributed by atoms with Gasteiger partial charge in [-0.25, -0.2) is 0 Å². The molecular weight excluding hydrogens is 362 g/mol. The molecular formula is C19H19N5O2S. The summed E-state index contributed by atoms with van der Waals surface area (Å²) >= 11 is 1.58. The summed E-state index contributed by atoms with van der Waals surface area (Å²) in [7, 11) is 0. The van der Waals surface area contributed by atoms with Gasteiger partial charge in [0, 0.05) is 5.56 Å². The highest BCUT2D eigenvalue weighted by Crippen LogP contribution is 2.24. The Labute approximate surface area is 160 Å². The highest BCUT2D eigenvalue weighted by molar-refractivity contribution is 7.13. The summed E-state index contributed by atoms with van der Waals surface area (Å²) in [6.07, 6.45) is 0.992. The molecule has 0 aliphatic rings. The molecule has 0 atom stereocenters. The molecule has 0 aliphatic heterocycles. The van der Waals surface area contributed by atoms with E-state index in [1.165, 1.54) is 0 Å². The molecule has 0 N–H and O–H groups in total. The average Bonchev–Trinajstić information content (AvgIpc) is 3.44. The Hall–Kier alpha value is -2.84.